The normalized spacial score (nSPS) is 24.1. The molecule has 0 aromatic carbocycles. The van der Waals surface area contributed by atoms with Crippen LogP contribution in [0.3, 0.4) is 0 Å². The Bertz CT molecular complexity index is 255. The average Bonchev–Trinajstić information content (AvgIpc) is 2.79. The first-order valence-corrected chi connectivity index (χ1v) is 6.85. The van der Waals surface area contributed by atoms with Crippen molar-refractivity contribution in [1.82, 2.24) is 4.90 Å². The van der Waals surface area contributed by atoms with E-state index in [1.54, 1.807) is 0 Å². The number of aliphatic hydroxyl groups excluding tert-OH is 1. The summed E-state index contributed by atoms with van der Waals surface area (Å²) < 4.78 is 5.52. The van der Waals surface area contributed by atoms with E-state index in [4.69, 9.17) is 14.9 Å². The first-order chi connectivity index (χ1) is 8.62. The Hall–Kier alpha value is -0.650. The van der Waals surface area contributed by atoms with Crippen molar-refractivity contribution in [3.8, 4) is 0 Å². The highest BCUT2D eigenvalue weighted by Gasteiger charge is 2.32. The third-order valence-electron chi connectivity index (χ3n) is 3.67. The predicted octanol–water partition coefficient (Wildman–Crippen LogP) is 1.10. The highest BCUT2D eigenvalue weighted by Crippen LogP contribution is 2.22. The molecule has 5 nitrogen and oxygen atoms in total. The van der Waals surface area contributed by atoms with E-state index in [1.807, 2.05) is 0 Å². The monoisotopic (exact) mass is 259 g/mol. The van der Waals surface area contributed by atoms with Crippen molar-refractivity contribution in [3.63, 3.8) is 0 Å². The van der Waals surface area contributed by atoms with Gasteiger partial charge in [-0.3, -0.25) is 4.90 Å². The molecule has 1 aliphatic rings. The Labute approximate surface area is 109 Å². The van der Waals surface area contributed by atoms with Gasteiger partial charge in [-0.15, -0.1) is 0 Å². The molecule has 0 amide bonds. The van der Waals surface area contributed by atoms with E-state index < -0.39 is 12.1 Å². The van der Waals surface area contributed by atoms with E-state index in [1.165, 1.54) is 0 Å². The molecule has 5 heteroatoms. The minimum atomic E-state index is -0.867. The second-order valence-electron chi connectivity index (χ2n) is 4.85. The number of aliphatic hydroxyl groups is 1. The van der Waals surface area contributed by atoms with Crippen LogP contribution in [-0.4, -0.2) is 59.0 Å². The summed E-state index contributed by atoms with van der Waals surface area (Å²) in [6.45, 7) is 5.74. The van der Waals surface area contributed by atoms with E-state index in [2.05, 4.69) is 18.7 Å². The maximum absolute atomic E-state index is 10.8. The van der Waals surface area contributed by atoms with Crippen LogP contribution in [0.1, 0.15) is 39.5 Å². The molecule has 1 heterocycles. The molecule has 1 fully saturated rings. The number of carboxylic acid groups (broad SMARTS) is 1. The van der Waals surface area contributed by atoms with Crippen LogP contribution in [0.5, 0.6) is 0 Å². The summed E-state index contributed by atoms with van der Waals surface area (Å²) in [6, 6.07) is 0.435. The van der Waals surface area contributed by atoms with Gasteiger partial charge in [-0.1, -0.05) is 13.8 Å². The molecule has 0 aromatic heterocycles. The topological polar surface area (TPSA) is 70.0 Å². The molecule has 1 rings (SSSR count). The van der Waals surface area contributed by atoms with Gasteiger partial charge in [0.25, 0.3) is 0 Å². The van der Waals surface area contributed by atoms with Crippen molar-refractivity contribution >= 4 is 5.97 Å². The maximum Gasteiger partial charge on any atom is 0.332 e. The molecule has 1 aliphatic heterocycles. The predicted molar refractivity (Wildman–Crippen MR) is 68.6 cm³/mol. The summed E-state index contributed by atoms with van der Waals surface area (Å²) in [5.41, 5.74) is 0. The van der Waals surface area contributed by atoms with Crippen molar-refractivity contribution < 1.29 is 19.7 Å². The number of carboxylic acids is 1. The molecule has 106 valence electrons. The largest absolute Gasteiger partial charge is 0.479 e. The van der Waals surface area contributed by atoms with Gasteiger partial charge in [-0.25, -0.2) is 4.79 Å². The van der Waals surface area contributed by atoms with E-state index in [0.29, 0.717) is 19.0 Å². The smallest absolute Gasteiger partial charge is 0.332 e. The SMILES string of the molecule is CCC(CC)N(CCO)CC1CCC(C(=O)O)O1. The second-order valence-corrected chi connectivity index (χ2v) is 4.85. The van der Waals surface area contributed by atoms with Gasteiger partial charge in [0, 0.05) is 19.1 Å². The summed E-state index contributed by atoms with van der Waals surface area (Å²) in [7, 11) is 0. The molecular formula is C13H25NO4. The van der Waals surface area contributed by atoms with Gasteiger partial charge >= 0.3 is 5.97 Å². The molecule has 0 bridgehead atoms. The summed E-state index contributed by atoms with van der Waals surface area (Å²) in [5, 5.41) is 18.0. The number of hydrogen-bond acceptors (Lipinski definition) is 4. The van der Waals surface area contributed by atoms with Gasteiger partial charge in [0.1, 0.15) is 0 Å². The van der Waals surface area contributed by atoms with Crippen LogP contribution in [0.25, 0.3) is 0 Å². The van der Waals surface area contributed by atoms with Crippen LogP contribution in [-0.2, 0) is 9.53 Å². The Kier molecular flexibility index (Phi) is 6.60. The number of hydrogen-bond donors (Lipinski definition) is 2. The Morgan fingerprint density at radius 3 is 2.50 bits per heavy atom. The van der Waals surface area contributed by atoms with Crippen molar-refractivity contribution in [1.29, 1.82) is 0 Å². The first kappa shape index (κ1) is 15.4. The van der Waals surface area contributed by atoms with Crippen molar-refractivity contribution in [2.45, 2.75) is 57.8 Å². The lowest BCUT2D eigenvalue weighted by atomic mass is 10.1. The number of carbonyl (C=O) groups is 1. The van der Waals surface area contributed by atoms with Crippen molar-refractivity contribution in [2.75, 3.05) is 19.7 Å². The standard InChI is InChI=1S/C13H25NO4/c1-3-10(4-2)14(7-8-15)9-11-5-6-12(18-11)13(16)17/h10-12,15H,3-9H2,1-2H3,(H,16,17). The number of aliphatic carboxylic acids is 1. The van der Waals surface area contributed by atoms with Gasteiger partial charge in [-0.05, 0) is 25.7 Å². The molecule has 2 unspecified atom stereocenters. The highest BCUT2D eigenvalue weighted by atomic mass is 16.5. The van der Waals surface area contributed by atoms with Gasteiger partial charge in [0.05, 0.1) is 12.7 Å². The Morgan fingerprint density at radius 2 is 2.06 bits per heavy atom. The summed E-state index contributed by atoms with van der Waals surface area (Å²) in [6.07, 6.45) is 2.79. The third-order valence-corrected chi connectivity index (χ3v) is 3.67. The minimum Gasteiger partial charge on any atom is -0.479 e. The molecule has 18 heavy (non-hydrogen) atoms. The lowest BCUT2D eigenvalue weighted by Crippen LogP contribution is -2.42. The number of nitrogens with zero attached hydrogens (tertiary/aromatic N) is 1. The van der Waals surface area contributed by atoms with Crippen LogP contribution in [0.4, 0.5) is 0 Å². The Morgan fingerprint density at radius 1 is 1.39 bits per heavy atom. The molecule has 1 saturated heterocycles. The quantitative estimate of drug-likeness (QED) is 0.683. The molecule has 0 saturated carbocycles. The summed E-state index contributed by atoms with van der Waals surface area (Å²) in [5.74, 6) is -0.867. The van der Waals surface area contributed by atoms with Crippen LogP contribution in [0.2, 0.25) is 0 Å². The van der Waals surface area contributed by atoms with E-state index >= 15 is 0 Å². The fourth-order valence-electron chi connectivity index (χ4n) is 2.64. The zero-order chi connectivity index (χ0) is 13.5. The average molecular weight is 259 g/mol. The van der Waals surface area contributed by atoms with Crippen LogP contribution in [0.15, 0.2) is 0 Å². The van der Waals surface area contributed by atoms with Gasteiger partial charge in [0.2, 0.25) is 0 Å². The fourth-order valence-corrected chi connectivity index (χ4v) is 2.64. The van der Waals surface area contributed by atoms with Gasteiger partial charge in [0.15, 0.2) is 6.10 Å². The molecule has 0 aromatic rings. The van der Waals surface area contributed by atoms with Crippen molar-refractivity contribution in [3.05, 3.63) is 0 Å². The van der Waals surface area contributed by atoms with Crippen LogP contribution >= 0.6 is 0 Å². The molecular weight excluding hydrogens is 234 g/mol. The second kappa shape index (κ2) is 7.71. The third kappa shape index (κ3) is 4.23. The van der Waals surface area contributed by atoms with Gasteiger partial charge < -0.3 is 14.9 Å². The van der Waals surface area contributed by atoms with E-state index in [-0.39, 0.29) is 12.7 Å². The molecule has 0 spiro atoms. The minimum absolute atomic E-state index is 0.0155. The summed E-state index contributed by atoms with van der Waals surface area (Å²) in [4.78, 5) is 13.0. The molecule has 0 aliphatic carbocycles. The Balaban J connectivity index is 2.49. The van der Waals surface area contributed by atoms with Crippen LogP contribution in [0, 0.1) is 0 Å². The van der Waals surface area contributed by atoms with E-state index in [0.717, 1.165) is 25.8 Å². The van der Waals surface area contributed by atoms with E-state index in [9.17, 15) is 4.79 Å². The first-order valence-electron chi connectivity index (χ1n) is 6.85. The molecule has 2 atom stereocenters. The lowest BCUT2D eigenvalue weighted by Gasteiger charge is -2.31. The zero-order valence-electron chi connectivity index (χ0n) is 11.3. The summed E-state index contributed by atoms with van der Waals surface area (Å²) >= 11 is 0. The lowest BCUT2D eigenvalue weighted by molar-refractivity contribution is -0.149. The molecule has 0 radical (unpaired) electrons. The zero-order valence-corrected chi connectivity index (χ0v) is 11.3. The molecule has 2 N–H and O–H groups in total. The number of ether oxygens (including phenoxy) is 1. The fraction of sp³-hybridized carbons (Fsp3) is 0.923. The highest BCUT2D eigenvalue weighted by molar-refractivity contribution is 5.72. The van der Waals surface area contributed by atoms with Crippen LogP contribution < -0.4 is 0 Å². The number of rotatable bonds is 8. The van der Waals surface area contributed by atoms with Gasteiger partial charge in [-0.2, -0.15) is 0 Å². The maximum atomic E-state index is 10.8. The van der Waals surface area contributed by atoms with Crippen molar-refractivity contribution in [2.24, 2.45) is 0 Å².